The third-order valence-electron chi connectivity index (χ3n) is 8.13. The smallest absolute Gasteiger partial charge is 0.116 e. The molecular weight excluding hydrogens is 514 g/mol. The van der Waals surface area contributed by atoms with Gasteiger partial charge in [0.25, 0.3) is 0 Å². The van der Waals surface area contributed by atoms with Crippen LogP contribution in [0.1, 0.15) is 148 Å². The quantitative estimate of drug-likeness (QED) is 0.0504. The van der Waals surface area contributed by atoms with Gasteiger partial charge in [-0.25, -0.2) is 8.42 Å². The fourth-order valence-corrected chi connectivity index (χ4v) is 6.40. The number of rotatable bonds is 31. The minimum Gasteiger partial charge on any atom is -0.748 e. The Morgan fingerprint density at radius 1 is 0.564 bits per heavy atom. The number of hydrogen-bond acceptors (Lipinski definition) is 6. The van der Waals surface area contributed by atoms with Gasteiger partial charge in [0.1, 0.15) is 25.7 Å². The first-order chi connectivity index (χ1) is 18.8. The lowest BCUT2D eigenvalue weighted by Gasteiger charge is -2.39. The van der Waals surface area contributed by atoms with Gasteiger partial charge in [0, 0.05) is 0 Å². The van der Waals surface area contributed by atoms with Crippen molar-refractivity contribution in [3.05, 3.63) is 0 Å². The maximum atomic E-state index is 11.0. The normalized spacial score (nSPS) is 13.3. The van der Waals surface area contributed by atoms with Gasteiger partial charge in [0.2, 0.25) is 0 Å². The number of unbranched alkanes of at least 4 members (excludes halogenated alkanes) is 21. The Labute approximate surface area is 242 Å². The van der Waals surface area contributed by atoms with Crippen molar-refractivity contribution in [3.63, 3.8) is 0 Å². The Hall–Kier alpha value is -0.250. The summed E-state index contributed by atoms with van der Waals surface area (Å²) in [5.74, 6) is -0.830. The Kier molecular flexibility index (Phi) is 26.5. The van der Waals surface area contributed by atoms with Crippen LogP contribution >= 0.6 is 0 Å². The lowest BCUT2D eigenvalue weighted by Crippen LogP contribution is -2.56. The highest BCUT2D eigenvalue weighted by Gasteiger charge is 2.30. The van der Waals surface area contributed by atoms with Crippen molar-refractivity contribution in [2.75, 3.05) is 45.1 Å². The van der Waals surface area contributed by atoms with Gasteiger partial charge in [-0.15, -0.1) is 0 Å². The number of aliphatic hydroxyl groups excluding tert-OH is 3. The Bertz CT molecular complexity index is 610. The van der Waals surface area contributed by atoms with E-state index in [4.69, 9.17) is 0 Å². The average Bonchev–Trinajstić information content (AvgIpc) is 2.86. The van der Waals surface area contributed by atoms with Crippen LogP contribution in [0.3, 0.4) is 0 Å². The summed E-state index contributed by atoms with van der Waals surface area (Å²) in [6.45, 7) is 3.41. The maximum Gasteiger partial charge on any atom is 0.116 e. The lowest BCUT2D eigenvalue weighted by atomic mass is 10.0. The topological polar surface area (TPSA) is 118 Å². The molecule has 0 aromatic rings. The molecule has 236 valence electrons. The van der Waals surface area contributed by atoms with Crippen molar-refractivity contribution in [2.24, 2.45) is 0 Å². The van der Waals surface area contributed by atoms with Crippen LogP contribution in [0.25, 0.3) is 0 Å². The fourth-order valence-electron chi connectivity index (χ4n) is 5.82. The van der Waals surface area contributed by atoms with Crippen molar-refractivity contribution in [1.29, 1.82) is 0 Å². The minimum absolute atomic E-state index is 0.0574. The molecule has 0 saturated carbocycles. The molecule has 8 heteroatoms. The van der Waals surface area contributed by atoms with E-state index in [1.807, 2.05) is 0 Å². The van der Waals surface area contributed by atoms with E-state index in [1.54, 1.807) is 0 Å². The summed E-state index contributed by atoms with van der Waals surface area (Å²) in [5.41, 5.74) is 0. The lowest BCUT2D eigenvalue weighted by molar-refractivity contribution is -0.931. The number of hydrogen-bond donors (Lipinski definition) is 3. The molecule has 7 nitrogen and oxygen atoms in total. The summed E-state index contributed by atoms with van der Waals surface area (Å²) in [7, 11) is -4.52. The molecule has 39 heavy (non-hydrogen) atoms. The van der Waals surface area contributed by atoms with Crippen molar-refractivity contribution >= 4 is 10.1 Å². The van der Waals surface area contributed by atoms with Crippen molar-refractivity contribution in [2.45, 2.75) is 154 Å². The van der Waals surface area contributed by atoms with Gasteiger partial charge in [0.15, 0.2) is 0 Å². The molecule has 0 aliphatic rings. The van der Waals surface area contributed by atoms with Crippen LogP contribution in [0.5, 0.6) is 0 Å². The summed E-state index contributed by atoms with van der Waals surface area (Å²) < 4.78 is 33.2. The average molecular weight is 580 g/mol. The zero-order valence-corrected chi connectivity index (χ0v) is 26.3. The summed E-state index contributed by atoms with van der Waals surface area (Å²) >= 11 is 0. The highest BCUT2D eigenvalue weighted by Crippen LogP contribution is 2.17. The second-order valence-electron chi connectivity index (χ2n) is 11.9. The first-order valence-electron chi connectivity index (χ1n) is 16.5. The molecule has 0 aliphatic heterocycles. The van der Waals surface area contributed by atoms with E-state index in [0.29, 0.717) is 19.6 Å². The molecule has 0 aromatic carbocycles. The maximum absolute atomic E-state index is 11.0. The van der Waals surface area contributed by atoms with Gasteiger partial charge < -0.3 is 24.4 Å². The first kappa shape index (κ1) is 38.8. The Morgan fingerprint density at radius 2 is 0.872 bits per heavy atom. The van der Waals surface area contributed by atoms with Gasteiger partial charge in [0.05, 0.1) is 35.6 Å². The standard InChI is InChI=1S/C31H65NO6S/c1-2-3-4-5-6-7-8-9-10-11-12-13-14-15-16-17-18-19-20-21-22-23-24-32(25-27-33,26-28-34)29-31(35)30-39(36,37)38/h31,33-35H,2-30H2,1H3. The first-order valence-corrected chi connectivity index (χ1v) is 18.0. The SMILES string of the molecule is CCCCCCCCCCCCCCCCCCCCCCCC[N+](CCO)(CCO)CC(O)CS(=O)(=O)[O-]. The van der Waals surface area contributed by atoms with Crippen molar-refractivity contribution < 1.29 is 32.8 Å². The molecular formula is C31H65NO6S. The predicted molar refractivity (Wildman–Crippen MR) is 162 cm³/mol. The van der Waals surface area contributed by atoms with Gasteiger partial charge in [-0.2, -0.15) is 0 Å². The van der Waals surface area contributed by atoms with Gasteiger partial charge in [-0.3, -0.25) is 0 Å². The van der Waals surface area contributed by atoms with Gasteiger partial charge in [-0.05, 0) is 12.8 Å². The van der Waals surface area contributed by atoms with Crippen LogP contribution < -0.4 is 0 Å². The monoisotopic (exact) mass is 579 g/mol. The second-order valence-corrected chi connectivity index (χ2v) is 13.4. The van der Waals surface area contributed by atoms with Crippen molar-refractivity contribution in [3.8, 4) is 0 Å². The molecule has 0 bridgehead atoms. The molecule has 0 saturated heterocycles. The third-order valence-corrected chi connectivity index (χ3v) is 8.92. The van der Waals surface area contributed by atoms with Gasteiger partial charge >= 0.3 is 0 Å². The number of aliphatic hydroxyl groups is 3. The fraction of sp³-hybridized carbons (Fsp3) is 1.00. The molecule has 0 spiro atoms. The number of quaternary nitrogens is 1. The van der Waals surface area contributed by atoms with Crippen LogP contribution in [0.4, 0.5) is 0 Å². The van der Waals surface area contributed by atoms with E-state index in [-0.39, 0.29) is 24.2 Å². The molecule has 0 rings (SSSR count). The van der Waals surface area contributed by atoms with E-state index in [0.717, 1.165) is 19.3 Å². The molecule has 1 unspecified atom stereocenters. The largest absolute Gasteiger partial charge is 0.748 e. The van der Waals surface area contributed by atoms with E-state index in [2.05, 4.69) is 6.92 Å². The zero-order valence-electron chi connectivity index (χ0n) is 25.5. The Morgan fingerprint density at radius 3 is 1.15 bits per heavy atom. The van der Waals surface area contributed by atoms with Crippen LogP contribution in [0, 0.1) is 0 Å². The molecule has 0 amide bonds. The molecule has 0 fully saturated rings. The van der Waals surface area contributed by atoms with Crippen LogP contribution in [0.2, 0.25) is 0 Å². The zero-order chi connectivity index (χ0) is 29.1. The summed E-state index contributed by atoms with van der Waals surface area (Å²) in [6, 6.07) is 0. The summed E-state index contributed by atoms with van der Waals surface area (Å²) in [4.78, 5) is 0. The molecule has 0 aliphatic carbocycles. The highest BCUT2D eigenvalue weighted by molar-refractivity contribution is 7.85. The van der Waals surface area contributed by atoms with Crippen LogP contribution in [-0.4, -0.2) is 84.0 Å². The summed E-state index contributed by atoms with van der Waals surface area (Å²) in [6.07, 6.45) is 27.9. The van der Waals surface area contributed by atoms with Gasteiger partial charge in [-0.1, -0.05) is 135 Å². The third kappa shape index (κ3) is 26.4. The molecule has 0 radical (unpaired) electrons. The summed E-state index contributed by atoms with van der Waals surface area (Å²) in [5, 5.41) is 29.1. The Balaban J connectivity index is 3.67. The van der Waals surface area contributed by atoms with E-state index in [9.17, 15) is 28.3 Å². The van der Waals surface area contributed by atoms with E-state index >= 15 is 0 Å². The highest BCUT2D eigenvalue weighted by atomic mass is 32.2. The van der Waals surface area contributed by atoms with Crippen molar-refractivity contribution in [1.82, 2.24) is 0 Å². The number of nitrogens with zero attached hydrogens (tertiary/aromatic N) is 1. The van der Waals surface area contributed by atoms with E-state index < -0.39 is 22.0 Å². The van der Waals surface area contributed by atoms with E-state index in [1.165, 1.54) is 122 Å². The predicted octanol–water partition coefficient (Wildman–Crippen LogP) is 6.30. The molecule has 3 N–H and O–H groups in total. The molecule has 0 aromatic heterocycles. The minimum atomic E-state index is -4.52. The second kappa shape index (κ2) is 26.6. The molecule has 0 heterocycles. The van der Waals surface area contributed by atoms with Crippen LogP contribution in [-0.2, 0) is 10.1 Å². The van der Waals surface area contributed by atoms with Crippen LogP contribution in [0.15, 0.2) is 0 Å². The molecule has 1 atom stereocenters.